The molecule has 14 heteroatoms. The first-order valence-corrected chi connectivity index (χ1v) is 12.4. The summed E-state index contributed by atoms with van der Waals surface area (Å²) in [6.07, 6.45) is -1.45. The zero-order valence-electron chi connectivity index (χ0n) is 21.0. The number of likely N-dealkylation sites (tertiary alicyclic amines) is 1. The summed E-state index contributed by atoms with van der Waals surface area (Å²) in [5.74, 6) is -2.69. The Morgan fingerprint density at radius 3 is 2.37 bits per heavy atom. The molecular formula is C24H30F4N4O5S. The zero-order chi connectivity index (χ0) is 28.3. The molecule has 3 rings (SSSR count). The molecule has 0 spiro atoms. The predicted molar refractivity (Wildman–Crippen MR) is 131 cm³/mol. The number of carbonyl (C=O) groups excluding carboxylic acids is 2. The number of rotatable bonds is 9. The standard InChI is InChI=1S/C22H29FN4O3S.C2HF3O2/c1-26(22(29)25-12-21-24-11-19(31-21)15-30-2)13-16-7-9-27(10-8-16)14-20(28)17-3-5-18(23)6-4-17;3-2(4,5)1(6)7/h3-6,11,16H,7-10,12-15H2,1-2H3,(H,25,29);(H,6,7). The summed E-state index contributed by atoms with van der Waals surface area (Å²) >= 11 is 1.53. The minimum atomic E-state index is -5.08. The molecule has 2 N–H and O–H groups in total. The number of nitrogens with one attached hydrogen (secondary N) is 1. The van der Waals surface area contributed by atoms with E-state index >= 15 is 0 Å². The number of methoxy groups -OCH3 is 1. The minimum Gasteiger partial charge on any atom is -0.475 e. The third-order valence-electron chi connectivity index (χ3n) is 5.64. The van der Waals surface area contributed by atoms with Gasteiger partial charge in [-0.1, -0.05) is 0 Å². The Kier molecular flexibility index (Phi) is 12.1. The Labute approximate surface area is 221 Å². The molecule has 9 nitrogen and oxygen atoms in total. The molecule has 0 aliphatic carbocycles. The number of aliphatic carboxylic acids is 1. The molecule has 0 saturated carbocycles. The smallest absolute Gasteiger partial charge is 0.475 e. The molecule has 1 aliphatic rings. The number of alkyl halides is 3. The predicted octanol–water partition coefficient (Wildman–Crippen LogP) is 3.80. The Morgan fingerprint density at radius 1 is 1.21 bits per heavy atom. The number of Topliss-reactive ketones (excluding diaryl/α,β-unsaturated/α-hetero) is 1. The third kappa shape index (κ3) is 10.7. The molecule has 2 heterocycles. The maximum Gasteiger partial charge on any atom is 0.490 e. The number of benzene rings is 1. The van der Waals surface area contributed by atoms with E-state index in [2.05, 4.69) is 15.2 Å². The van der Waals surface area contributed by atoms with E-state index in [0.29, 0.717) is 37.7 Å². The number of halogens is 4. The molecule has 1 aliphatic heterocycles. The van der Waals surface area contributed by atoms with Gasteiger partial charge in [0.25, 0.3) is 0 Å². The van der Waals surface area contributed by atoms with Crippen LogP contribution in [-0.4, -0.2) is 84.2 Å². The second kappa shape index (κ2) is 14.7. The molecule has 1 fully saturated rings. The van der Waals surface area contributed by atoms with Crippen LogP contribution in [0.1, 0.15) is 33.1 Å². The van der Waals surface area contributed by atoms with Gasteiger partial charge in [-0.2, -0.15) is 13.2 Å². The van der Waals surface area contributed by atoms with E-state index in [9.17, 15) is 27.2 Å². The molecule has 0 radical (unpaired) electrons. The van der Waals surface area contributed by atoms with Crippen molar-refractivity contribution in [2.45, 2.75) is 32.2 Å². The molecule has 0 unspecified atom stereocenters. The number of hydrogen-bond donors (Lipinski definition) is 2. The summed E-state index contributed by atoms with van der Waals surface area (Å²) in [6.45, 7) is 3.58. The minimum absolute atomic E-state index is 0.00536. The topological polar surface area (TPSA) is 112 Å². The van der Waals surface area contributed by atoms with Gasteiger partial charge in [0.15, 0.2) is 5.78 Å². The lowest BCUT2D eigenvalue weighted by Crippen LogP contribution is -2.43. The van der Waals surface area contributed by atoms with E-state index in [0.717, 1.165) is 35.8 Å². The summed E-state index contributed by atoms with van der Waals surface area (Å²) in [7, 11) is 3.45. The fourth-order valence-electron chi connectivity index (χ4n) is 3.65. The third-order valence-corrected chi connectivity index (χ3v) is 6.61. The highest BCUT2D eigenvalue weighted by Gasteiger charge is 2.38. The van der Waals surface area contributed by atoms with Crippen molar-refractivity contribution >= 4 is 29.1 Å². The van der Waals surface area contributed by atoms with Gasteiger partial charge in [0.1, 0.15) is 10.8 Å². The van der Waals surface area contributed by atoms with Crippen molar-refractivity contribution < 1.29 is 41.8 Å². The Morgan fingerprint density at radius 2 is 1.82 bits per heavy atom. The number of piperidine rings is 1. The van der Waals surface area contributed by atoms with Crippen molar-refractivity contribution in [2.75, 3.05) is 40.3 Å². The van der Waals surface area contributed by atoms with Gasteiger partial charge < -0.3 is 20.1 Å². The normalized spacial score (nSPS) is 14.4. The Bertz CT molecular complexity index is 1060. The van der Waals surface area contributed by atoms with Crippen molar-refractivity contribution in [3.63, 3.8) is 0 Å². The number of nitrogens with zero attached hydrogens (tertiary/aromatic N) is 3. The van der Waals surface area contributed by atoms with Crippen LogP contribution in [0.4, 0.5) is 22.4 Å². The van der Waals surface area contributed by atoms with Crippen LogP contribution in [0.5, 0.6) is 0 Å². The molecule has 38 heavy (non-hydrogen) atoms. The van der Waals surface area contributed by atoms with E-state index in [1.807, 2.05) is 0 Å². The Hall–Kier alpha value is -3.10. The van der Waals surface area contributed by atoms with Gasteiger partial charge in [-0.05, 0) is 56.1 Å². The average Bonchev–Trinajstić information content (AvgIpc) is 3.31. The van der Waals surface area contributed by atoms with Crippen molar-refractivity contribution in [2.24, 2.45) is 5.92 Å². The van der Waals surface area contributed by atoms with Crippen LogP contribution in [0.3, 0.4) is 0 Å². The lowest BCUT2D eigenvalue weighted by Gasteiger charge is -2.33. The van der Waals surface area contributed by atoms with Crippen LogP contribution >= 0.6 is 11.3 Å². The van der Waals surface area contributed by atoms with Crippen molar-refractivity contribution in [1.82, 2.24) is 20.1 Å². The molecule has 2 amide bonds. The van der Waals surface area contributed by atoms with Crippen LogP contribution < -0.4 is 5.32 Å². The summed E-state index contributed by atoms with van der Waals surface area (Å²) in [5.41, 5.74) is 0.537. The van der Waals surface area contributed by atoms with Gasteiger partial charge >= 0.3 is 18.2 Å². The van der Waals surface area contributed by atoms with Crippen molar-refractivity contribution in [1.29, 1.82) is 0 Å². The lowest BCUT2D eigenvalue weighted by atomic mass is 9.96. The molecule has 1 aromatic heterocycles. The highest BCUT2D eigenvalue weighted by atomic mass is 32.1. The number of ketones is 1. The van der Waals surface area contributed by atoms with E-state index in [4.69, 9.17) is 14.6 Å². The fourth-order valence-corrected chi connectivity index (χ4v) is 4.49. The van der Waals surface area contributed by atoms with Crippen LogP contribution in [0.25, 0.3) is 0 Å². The van der Waals surface area contributed by atoms with E-state index in [1.54, 1.807) is 25.3 Å². The molecule has 1 aromatic carbocycles. The van der Waals surface area contributed by atoms with Crippen LogP contribution in [0.15, 0.2) is 30.5 Å². The SMILES string of the molecule is COCc1cnc(CNC(=O)N(C)CC2CCN(CC(=O)c3ccc(F)cc3)CC2)s1.O=C(O)C(F)(F)F. The first kappa shape index (κ1) is 31.1. The van der Waals surface area contributed by atoms with Crippen LogP contribution in [0, 0.1) is 11.7 Å². The largest absolute Gasteiger partial charge is 0.490 e. The number of thiazole rings is 1. The summed E-state index contributed by atoms with van der Waals surface area (Å²) in [4.78, 5) is 42.8. The number of hydrogen-bond acceptors (Lipinski definition) is 7. The quantitative estimate of drug-likeness (QED) is 0.353. The van der Waals surface area contributed by atoms with Gasteiger partial charge in [-0.15, -0.1) is 11.3 Å². The number of amides is 2. The molecular weight excluding hydrogens is 532 g/mol. The molecule has 210 valence electrons. The number of carbonyl (C=O) groups is 3. The number of carboxylic acids is 1. The fraction of sp³-hybridized carbons (Fsp3) is 0.500. The summed E-state index contributed by atoms with van der Waals surface area (Å²) in [5, 5.41) is 10.9. The van der Waals surface area contributed by atoms with Crippen LogP contribution in [-0.2, 0) is 22.7 Å². The molecule has 0 bridgehead atoms. The monoisotopic (exact) mass is 562 g/mol. The van der Waals surface area contributed by atoms with Gasteiger partial charge in [-0.3, -0.25) is 9.69 Å². The average molecular weight is 563 g/mol. The second-order valence-electron chi connectivity index (χ2n) is 8.65. The number of aromatic nitrogens is 1. The first-order valence-electron chi connectivity index (χ1n) is 11.6. The van der Waals surface area contributed by atoms with Crippen molar-refractivity contribution in [3.05, 3.63) is 51.7 Å². The first-order chi connectivity index (χ1) is 17.9. The maximum absolute atomic E-state index is 13.0. The summed E-state index contributed by atoms with van der Waals surface area (Å²) < 4.78 is 49.8. The lowest BCUT2D eigenvalue weighted by molar-refractivity contribution is -0.192. The van der Waals surface area contributed by atoms with Crippen molar-refractivity contribution in [3.8, 4) is 0 Å². The van der Waals surface area contributed by atoms with E-state index in [1.165, 1.54) is 35.6 Å². The van der Waals surface area contributed by atoms with Gasteiger partial charge in [-0.25, -0.2) is 19.0 Å². The number of carboxylic acid groups (broad SMARTS) is 1. The molecule has 1 saturated heterocycles. The summed E-state index contributed by atoms with van der Waals surface area (Å²) in [6, 6.07) is 5.57. The van der Waals surface area contributed by atoms with E-state index < -0.39 is 12.1 Å². The Balaban J connectivity index is 0.000000638. The highest BCUT2D eigenvalue weighted by molar-refractivity contribution is 7.11. The van der Waals surface area contributed by atoms with Gasteiger partial charge in [0.05, 0.1) is 24.6 Å². The molecule has 2 aromatic rings. The second-order valence-corrected chi connectivity index (χ2v) is 9.84. The van der Waals surface area contributed by atoms with Gasteiger partial charge in [0, 0.05) is 32.5 Å². The molecule has 0 atom stereocenters. The number of urea groups is 1. The van der Waals surface area contributed by atoms with E-state index in [-0.39, 0.29) is 17.6 Å². The van der Waals surface area contributed by atoms with Gasteiger partial charge in [0.2, 0.25) is 0 Å². The number of ether oxygens (including phenoxy) is 1. The zero-order valence-corrected chi connectivity index (χ0v) is 21.8. The maximum atomic E-state index is 13.0. The highest BCUT2D eigenvalue weighted by Crippen LogP contribution is 2.19. The van der Waals surface area contributed by atoms with Crippen LogP contribution in [0.2, 0.25) is 0 Å².